The maximum Gasteiger partial charge on any atom is 0.123 e. The molecule has 0 radical (unpaired) electrons. The smallest absolute Gasteiger partial charge is 0.123 e. The van der Waals surface area contributed by atoms with Crippen LogP contribution in [0, 0.1) is 0 Å². The van der Waals surface area contributed by atoms with E-state index in [0.717, 1.165) is 31.3 Å². The molecular weight excluding hydrogens is 452 g/mol. The molecule has 0 amide bonds. The number of rotatable bonds is 6. The number of halogens is 3. The van der Waals surface area contributed by atoms with Crippen LogP contribution in [0.4, 0.5) is 0 Å². The van der Waals surface area contributed by atoms with E-state index in [1.165, 1.54) is 0 Å². The van der Waals surface area contributed by atoms with Gasteiger partial charge in [-0.1, -0.05) is 47.8 Å². The van der Waals surface area contributed by atoms with Crippen LogP contribution in [0.3, 0.4) is 0 Å². The molecule has 5 heteroatoms. The van der Waals surface area contributed by atoms with E-state index in [4.69, 9.17) is 9.47 Å². The van der Waals surface area contributed by atoms with Gasteiger partial charge in [0.05, 0.1) is 0 Å². The first kappa shape index (κ1) is 15.9. The second kappa shape index (κ2) is 8.05. The van der Waals surface area contributed by atoms with Crippen molar-refractivity contribution in [3.63, 3.8) is 0 Å². The maximum absolute atomic E-state index is 5.74. The fourth-order valence-electron chi connectivity index (χ4n) is 1.64. The zero-order valence-electron chi connectivity index (χ0n) is 10.6. The van der Waals surface area contributed by atoms with Crippen LogP contribution in [0.25, 0.3) is 0 Å². The SMILES string of the molecule is BrCc1cc(Br)ccc1OCCOc1ccc(Br)cc1. The Balaban J connectivity index is 1.82. The molecule has 106 valence electrons. The highest BCUT2D eigenvalue weighted by atomic mass is 79.9. The summed E-state index contributed by atoms with van der Waals surface area (Å²) in [7, 11) is 0. The van der Waals surface area contributed by atoms with Crippen LogP contribution < -0.4 is 9.47 Å². The van der Waals surface area contributed by atoms with Crippen LogP contribution in [-0.2, 0) is 5.33 Å². The highest BCUT2D eigenvalue weighted by Crippen LogP contribution is 2.25. The van der Waals surface area contributed by atoms with Crippen LogP contribution in [0.2, 0.25) is 0 Å². The number of benzene rings is 2. The monoisotopic (exact) mass is 462 g/mol. The second-order valence-corrected chi connectivity index (χ2v) is 6.43. The Morgan fingerprint density at radius 3 is 2.15 bits per heavy atom. The average Bonchev–Trinajstić information content (AvgIpc) is 2.46. The van der Waals surface area contributed by atoms with Crippen molar-refractivity contribution in [3.8, 4) is 11.5 Å². The zero-order valence-corrected chi connectivity index (χ0v) is 15.4. The fourth-order valence-corrected chi connectivity index (χ4v) is 2.75. The predicted octanol–water partition coefficient (Wildman–Crippen LogP) is 5.56. The van der Waals surface area contributed by atoms with Crippen molar-refractivity contribution in [3.05, 3.63) is 57.0 Å². The van der Waals surface area contributed by atoms with E-state index in [1.54, 1.807) is 0 Å². The molecule has 0 saturated heterocycles. The van der Waals surface area contributed by atoms with E-state index in [2.05, 4.69) is 47.8 Å². The molecule has 0 saturated carbocycles. The topological polar surface area (TPSA) is 18.5 Å². The van der Waals surface area contributed by atoms with Crippen molar-refractivity contribution in [1.29, 1.82) is 0 Å². The third-order valence-electron chi connectivity index (χ3n) is 2.59. The van der Waals surface area contributed by atoms with Gasteiger partial charge in [-0.25, -0.2) is 0 Å². The summed E-state index contributed by atoms with van der Waals surface area (Å²) in [4.78, 5) is 0. The van der Waals surface area contributed by atoms with E-state index >= 15 is 0 Å². The highest BCUT2D eigenvalue weighted by molar-refractivity contribution is 9.10. The number of hydrogen-bond donors (Lipinski definition) is 0. The molecule has 0 heterocycles. The van der Waals surface area contributed by atoms with E-state index < -0.39 is 0 Å². The molecule has 0 aliphatic heterocycles. The molecule has 2 aromatic carbocycles. The van der Waals surface area contributed by atoms with Gasteiger partial charge in [0.1, 0.15) is 24.7 Å². The molecule has 20 heavy (non-hydrogen) atoms. The molecule has 0 aliphatic rings. The lowest BCUT2D eigenvalue weighted by atomic mass is 10.2. The van der Waals surface area contributed by atoms with Crippen LogP contribution in [0.5, 0.6) is 11.5 Å². The van der Waals surface area contributed by atoms with Crippen molar-refractivity contribution in [2.24, 2.45) is 0 Å². The lowest BCUT2D eigenvalue weighted by Gasteiger charge is -2.11. The van der Waals surface area contributed by atoms with Crippen LogP contribution in [-0.4, -0.2) is 13.2 Å². The van der Waals surface area contributed by atoms with Gasteiger partial charge in [-0.05, 0) is 42.5 Å². The van der Waals surface area contributed by atoms with Crippen molar-refractivity contribution in [2.45, 2.75) is 5.33 Å². The Kier molecular flexibility index (Phi) is 6.39. The summed E-state index contributed by atoms with van der Waals surface area (Å²) >= 11 is 10.3. The molecule has 0 aliphatic carbocycles. The van der Waals surface area contributed by atoms with Crippen LogP contribution in [0.15, 0.2) is 51.4 Å². The molecular formula is C15H13Br3O2. The molecule has 2 nitrogen and oxygen atoms in total. The van der Waals surface area contributed by atoms with Gasteiger partial charge in [-0.2, -0.15) is 0 Å². The van der Waals surface area contributed by atoms with Gasteiger partial charge in [-0.3, -0.25) is 0 Å². The van der Waals surface area contributed by atoms with Crippen molar-refractivity contribution in [1.82, 2.24) is 0 Å². The first-order valence-corrected chi connectivity index (χ1v) is 8.75. The molecule has 2 rings (SSSR count). The van der Waals surface area contributed by atoms with Crippen molar-refractivity contribution < 1.29 is 9.47 Å². The minimum absolute atomic E-state index is 0.512. The van der Waals surface area contributed by atoms with Gasteiger partial charge in [0.15, 0.2) is 0 Å². The summed E-state index contributed by atoms with van der Waals surface area (Å²) in [6, 6.07) is 13.7. The van der Waals surface area contributed by atoms with E-state index in [9.17, 15) is 0 Å². The summed E-state index contributed by atoms with van der Waals surface area (Å²) < 4.78 is 13.4. The van der Waals surface area contributed by atoms with Crippen molar-refractivity contribution >= 4 is 47.8 Å². The highest BCUT2D eigenvalue weighted by Gasteiger charge is 2.03. The van der Waals surface area contributed by atoms with E-state index in [-0.39, 0.29) is 0 Å². The molecule has 0 atom stereocenters. The summed E-state index contributed by atoms with van der Waals surface area (Å²) in [6.45, 7) is 1.02. The number of alkyl halides is 1. The standard InChI is InChI=1S/C15H13Br3O2/c16-10-11-9-13(18)3-6-15(11)20-8-7-19-14-4-1-12(17)2-5-14/h1-6,9H,7-8,10H2. The maximum atomic E-state index is 5.74. The van der Waals surface area contributed by atoms with Crippen LogP contribution >= 0.6 is 47.8 Å². The van der Waals surface area contributed by atoms with Crippen LogP contribution in [0.1, 0.15) is 5.56 Å². The van der Waals surface area contributed by atoms with Crippen molar-refractivity contribution in [2.75, 3.05) is 13.2 Å². The number of ether oxygens (including phenoxy) is 2. The Morgan fingerprint density at radius 2 is 1.45 bits per heavy atom. The zero-order chi connectivity index (χ0) is 14.4. The summed E-state index contributed by atoms with van der Waals surface area (Å²) in [6.07, 6.45) is 0. The normalized spacial score (nSPS) is 10.3. The molecule has 0 unspecified atom stereocenters. The lowest BCUT2D eigenvalue weighted by molar-refractivity contribution is 0.216. The Morgan fingerprint density at radius 1 is 0.800 bits per heavy atom. The quantitative estimate of drug-likeness (QED) is 0.411. The Bertz CT molecular complexity index is 556. The summed E-state index contributed by atoms with van der Waals surface area (Å²) in [5.74, 6) is 1.72. The first-order valence-electron chi connectivity index (χ1n) is 6.04. The van der Waals surface area contributed by atoms with Gasteiger partial charge in [-0.15, -0.1) is 0 Å². The minimum Gasteiger partial charge on any atom is -0.490 e. The Hall–Kier alpha value is -0.520. The largest absolute Gasteiger partial charge is 0.490 e. The molecule has 2 aromatic rings. The Labute approximate surface area is 143 Å². The number of hydrogen-bond acceptors (Lipinski definition) is 2. The molecule has 0 aromatic heterocycles. The van der Waals surface area contributed by atoms with Gasteiger partial charge in [0.25, 0.3) is 0 Å². The lowest BCUT2D eigenvalue weighted by Crippen LogP contribution is -2.09. The third kappa shape index (κ3) is 4.79. The van der Waals surface area contributed by atoms with Gasteiger partial charge in [0, 0.05) is 19.8 Å². The third-order valence-corrected chi connectivity index (χ3v) is 4.22. The average molecular weight is 465 g/mol. The fraction of sp³-hybridized carbons (Fsp3) is 0.200. The predicted molar refractivity (Wildman–Crippen MR) is 91.9 cm³/mol. The van der Waals surface area contributed by atoms with E-state index in [1.807, 2.05) is 42.5 Å². The summed E-state index contributed by atoms with van der Waals surface area (Å²) in [5.41, 5.74) is 1.11. The van der Waals surface area contributed by atoms with Gasteiger partial charge < -0.3 is 9.47 Å². The molecule has 0 bridgehead atoms. The molecule has 0 N–H and O–H groups in total. The second-order valence-electron chi connectivity index (χ2n) is 4.04. The first-order chi connectivity index (χ1) is 9.69. The van der Waals surface area contributed by atoms with E-state index in [0.29, 0.717) is 13.2 Å². The van der Waals surface area contributed by atoms with Gasteiger partial charge >= 0.3 is 0 Å². The van der Waals surface area contributed by atoms with Gasteiger partial charge in [0.2, 0.25) is 0 Å². The molecule has 0 spiro atoms. The minimum atomic E-state index is 0.512. The summed E-state index contributed by atoms with van der Waals surface area (Å²) in [5, 5.41) is 0.759. The molecule has 0 fully saturated rings.